The fourth-order valence-corrected chi connectivity index (χ4v) is 3.11. The lowest BCUT2D eigenvalue weighted by Crippen LogP contribution is -1.97. The molecule has 0 aliphatic heterocycles. The van der Waals surface area contributed by atoms with Crippen molar-refractivity contribution in [3.8, 4) is 0 Å². The SMILES string of the molecule is CCc1cccc(C)c1Nc1nc2cc(F)ccc2s1. The largest absolute Gasteiger partial charge is 0.331 e. The van der Waals surface area contributed by atoms with Crippen LogP contribution in [0.15, 0.2) is 36.4 Å². The van der Waals surface area contributed by atoms with E-state index < -0.39 is 0 Å². The van der Waals surface area contributed by atoms with Crippen LogP contribution in [0.1, 0.15) is 18.1 Å². The quantitative estimate of drug-likeness (QED) is 0.728. The summed E-state index contributed by atoms with van der Waals surface area (Å²) in [5.41, 5.74) is 4.25. The van der Waals surface area contributed by atoms with Gasteiger partial charge in [-0.2, -0.15) is 0 Å². The Morgan fingerprint density at radius 3 is 2.90 bits per heavy atom. The van der Waals surface area contributed by atoms with Crippen molar-refractivity contribution in [3.63, 3.8) is 0 Å². The predicted molar refractivity (Wildman–Crippen MR) is 83.4 cm³/mol. The fourth-order valence-electron chi connectivity index (χ4n) is 2.26. The number of fused-ring (bicyclic) bond motifs is 1. The molecule has 0 radical (unpaired) electrons. The molecule has 0 unspecified atom stereocenters. The van der Waals surface area contributed by atoms with Crippen LogP contribution in [0, 0.1) is 12.7 Å². The Hall–Kier alpha value is -1.94. The highest BCUT2D eigenvalue weighted by Gasteiger charge is 2.09. The van der Waals surface area contributed by atoms with E-state index in [0.717, 1.165) is 21.9 Å². The molecule has 4 heteroatoms. The third kappa shape index (κ3) is 2.39. The number of nitrogens with zero attached hydrogens (tertiary/aromatic N) is 1. The monoisotopic (exact) mass is 286 g/mol. The Morgan fingerprint density at radius 1 is 1.25 bits per heavy atom. The molecule has 0 saturated heterocycles. The Balaban J connectivity index is 2.01. The number of rotatable bonds is 3. The van der Waals surface area contributed by atoms with Gasteiger partial charge < -0.3 is 5.32 Å². The molecule has 3 rings (SSSR count). The molecule has 0 bridgehead atoms. The van der Waals surface area contributed by atoms with Gasteiger partial charge in [0.05, 0.1) is 10.2 Å². The third-order valence-corrected chi connectivity index (χ3v) is 4.27. The van der Waals surface area contributed by atoms with E-state index in [0.29, 0.717) is 5.52 Å². The Labute approximate surface area is 121 Å². The van der Waals surface area contributed by atoms with Gasteiger partial charge in [0, 0.05) is 11.8 Å². The number of nitrogens with one attached hydrogen (secondary N) is 1. The molecule has 20 heavy (non-hydrogen) atoms. The van der Waals surface area contributed by atoms with E-state index in [-0.39, 0.29) is 5.82 Å². The summed E-state index contributed by atoms with van der Waals surface area (Å²) in [5.74, 6) is -0.250. The molecule has 1 heterocycles. The fraction of sp³-hybridized carbons (Fsp3) is 0.188. The first-order valence-electron chi connectivity index (χ1n) is 6.59. The second kappa shape index (κ2) is 5.21. The first kappa shape index (κ1) is 13.1. The maximum atomic E-state index is 13.2. The third-order valence-electron chi connectivity index (χ3n) is 3.32. The highest BCUT2D eigenvalue weighted by molar-refractivity contribution is 7.22. The highest BCUT2D eigenvalue weighted by atomic mass is 32.1. The molecule has 1 aromatic heterocycles. The van der Waals surface area contributed by atoms with Gasteiger partial charge in [-0.05, 0) is 36.6 Å². The number of hydrogen-bond acceptors (Lipinski definition) is 3. The maximum absolute atomic E-state index is 13.2. The van der Waals surface area contributed by atoms with Gasteiger partial charge in [-0.15, -0.1) is 0 Å². The van der Waals surface area contributed by atoms with Gasteiger partial charge in [0.15, 0.2) is 5.13 Å². The van der Waals surface area contributed by atoms with Gasteiger partial charge in [0.1, 0.15) is 5.82 Å². The topological polar surface area (TPSA) is 24.9 Å². The molecular formula is C16H15FN2S. The molecule has 0 fully saturated rings. The van der Waals surface area contributed by atoms with E-state index in [2.05, 4.69) is 42.3 Å². The minimum atomic E-state index is -0.250. The average Bonchev–Trinajstić information content (AvgIpc) is 2.82. The molecular weight excluding hydrogens is 271 g/mol. The number of aryl methyl sites for hydroxylation is 2. The van der Waals surface area contributed by atoms with Gasteiger partial charge in [-0.1, -0.05) is 36.5 Å². The summed E-state index contributed by atoms with van der Waals surface area (Å²) in [5, 5.41) is 4.19. The van der Waals surface area contributed by atoms with Crippen LogP contribution in [-0.4, -0.2) is 4.98 Å². The number of hydrogen-bond donors (Lipinski definition) is 1. The lowest BCUT2D eigenvalue weighted by molar-refractivity contribution is 0.629. The molecule has 0 aliphatic rings. The van der Waals surface area contributed by atoms with Crippen LogP contribution in [-0.2, 0) is 6.42 Å². The van der Waals surface area contributed by atoms with Crippen LogP contribution < -0.4 is 5.32 Å². The van der Waals surface area contributed by atoms with Gasteiger partial charge >= 0.3 is 0 Å². The van der Waals surface area contributed by atoms with E-state index in [9.17, 15) is 4.39 Å². The van der Waals surface area contributed by atoms with E-state index >= 15 is 0 Å². The van der Waals surface area contributed by atoms with Crippen molar-refractivity contribution in [2.24, 2.45) is 0 Å². The van der Waals surface area contributed by atoms with Gasteiger partial charge in [-0.3, -0.25) is 0 Å². The molecule has 2 aromatic carbocycles. The molecule has 2 nitrogen and oxygen atoms in total. The van der Waals surface area contributed by atoms with E-state index in [1.165, 1.54) is 34.6 Å². The normalized spacial score (nSPS) is 10.9. The molecule has 0 spiro atoms. The van der Waals surface area contributed by atoms with Crippen LogP contribution in [0.5, 0.6) is 0 Å². The minimum absolute atomic E-state index is 0.250. The Bertz CT molecular complexity index is 764. The molecule has 102 valence electrons. The van der Waals surface area contributed by atoms with Crippen LogP contribution >= 0.6 is 11.3 Å². The van der Waals surface area contributed by atoms with E-state index in [1.54, 1.807) is 6.07 Å². The molecule has 0 saturated carbocycles. The number of para-hydroxylation sites is 1. The zero-order chi connectivity index (χ0) is 14.1. The smallest absolute Gasteiger partial charge is 0.188 e. The predicted octanol–water partition coefficient (Wildman–Crippen LogP) is 5.05. The van der Waals surface area contributed by atoms with Crippen LogP contribution in [0.2, 0.25) is 0 Å². The molecule has 3 aromatic rings. The van der Waals surface area contributed by atoms with Crippen molar-refractivity contribution in [2.75, 3.05) is 5.32 Å². The summed E-state index contributed by atoms with van der Waals surface area (Å²) in [7, 11) is 0. The summed E-state index contributed by atoms with van der Waals surface area (Å²) >= 11 is 1.54. The summed E-state index contributed by atoms with van der Waals surface area (Å²) in [4.78, 5) is 4.45. The molecule has 0 aliphatic carbocycles. The Kier molecular flexibility index (Phi) is 3.40. The van der Waals surface area contributed by atoms with E-state index in [1.807, 2.05) is 0 Å². The number of benzene rings is 2. The molecule has 1 N–H and O–H groups in total. The molecule has 0 atom stereocenters. The van der Waals surface area contributed by atoms with Crippen LogP contribution in [0.3, 0.4) is 0 Å². The summed E-state index contributed by atoms with van der Waals surface area (Å²) in [6, 6.07) is 11.0. The summed E-state index contributed by atoms with van der Waals surface area (Å²) in [6.07, 6.45) is 0.962. The Morgan fingerprint density at radius 2 is 2.10 bits per heavy atom. The van der Waals surface area contributed by atoms with Crippen LogP contribution in [0.4, 0.5) is 15.2 Å². The lowest BCUT2D eigenvalue weighted by atomic mass is 10.1. The summed E-state index contributed by atoms with van der Waals surface area (Å²) in [6.45, 7) is 4.21. The highest BCUT2D eigenvalue weighted by Crippen LogP contribution is 2.31. The second-order valence-electron chi connectivity index (χ2n) is 4.72. The minimum Gasteiger partial charge on any atom is -0.331 e. The molecule has 0 amide bonds. The maximum Gasteiger partial charge on any atom is 0.188 e. The summed E-state index contributed by atoms with van der Waals surface area (Å²) < 4.78 is 14.2. The van der Waals surface area contributed by atoms with E-state index in [4.69, 9.17) is 0 Å². The second-order valence-corrected chi connectivity index (χ2v) is 5.75. The zero-order valence-corrected chi connectivity index (χ0v) is 12.2. The van der Waals surface area contributed by atoms with Crippen molar-refractivity contribution in [1.82, 2.24) is 4.98 Å². The van der Waals surface area contributed by atoms with Gasteiger partial charge in [0.25, 0.3) is 0 Å². The van der Waals surface area contributed by atoms with Crippen molar-refractivity contribution in [3.05, 3.63) is 53.3 Å². The van der Waals surface area contributed by atoms with Gasteiger partial charge in [0.2, 0.25) is 0 Å². The first-order valence-corrected chi connectivity index (χ1v) is 7.40. The number of halogens is 1. The van der Waals surface area contributed by atoms with Crippen molar-refractivity contribution >= 4 is 32.4 Å². The first-order chi connectivity index (χ1) is 9.67. The van der Waals surface area contributed by atoms with Crippen LogP contribution in [0.25, 0.3) is 10.2 Å². The standard InChI is InChI=1S/C16H15FN2S/c1-3-11-6-4-5-10(2)15(11)19-16-18-13-9-12(17)7-8-14(13)20-16/h4-9H,3H2,1-2H3,(H,18,19). The lowest BCUT2D eigenvalue weighted by Gasteiger charge is -2.11. The van der Waals surface area contributed by atoms with Crippen molar-refractivity contribution in [2.45, 2.75) is 20.3 Å². The average molecular weight is 286 g/mol. The zero-order valence-electron chi connectivity index (χ0n) is 11.4. The van der Waals surface area contributed by atoms with Crippen molar-refractivity contribution in [1.29, 1.82) is 0 Å². The van der Waals surface area contributed by atoms with Crippen molar-refractivity contribution < 1.29 is 4.39 Å². The van der Waals surface area contributed by atoms with Gasteiger partial charge in [-0.25, -0.2) is 9.37 Å². The number of anilines is 2. The number of thiazole rings is 1. The number of aromatic nitrogens is 1.